The summed E-state index contributed by atoms with van der Waals surface area (Å²) in [4.78, 5) is 13.2. The van der Waals surface area contributed by atoms with E-state index in [-0.39, 0.29) is 11.8 Å². The van der Waals surface area contributed by atoms with Crippen molar-refractivity contribution in [2.75, 3.05) is 13.1 Å². The van der Waals surface area contributed by atoms with Crippen LogP contribution >= 0.6 is 0 Å². The Balaban J connectivity index is 4.08. The molecule has 0 aliphatic rings. The summed E-state index contributed by atoms with van der Waals surface area (Å²) < 4.78 is 0. The first kappa shape index (κ1) is 10.2. The molecule has 2 nitrogen and oxygen atoms in total. The lowest BCUT2D eigenvalue weighted by atomic mass is 10.1. The first-order valence-corrected chi connectivity index (χ1v) is 4.08. The van der Waals surface area contributed by atoms with Crippen molar-refractivity contribution in [3.05, 3.63) is 12.7 Å². The summed E-state index contributed by atoms with van der Waals surface area (Å²) in [7, 11) is 0. The van der Waals surface area contributed by atoms with E-state index in [1.165, 1.54) is 0 Å². The van der Waals surface area contributed by atoms with Gasteiger partial charge in [-0.15, -0.1) is 6.58 Å². The highest BCUT2D eigenvalue weighted by molar-refractivity contribution is 5.79. The first-order chi connectivity index (χ1) is 5.17. The summed E-state index contributed by atoms with van der Waals surface area (Å²) in [5.41, 5.74) is 0. The third kappa shape index (κ3) is 2.74. The molecule has 0 heterocycles. The number of hydrogen-bond acceptors (Lipinski definition) is 1. The van der Waals surface area contributed by atoms with Gasteiger partial charge in [-0.25, -0.2) is 0 Å². The van der Waals surface area contributed by atoms with Crippen LogP contribution in [-0.2, 0) is 4.79 Å². The van der Waals surface area contributed by atoms with Crippen molar-refractivity contribution in [3.63, 3.8) is 0 Å². The number of hydrogen-bond donors (Lipinski definition) is 0. The minimum Gasteiger partial charge on any atom is -0.343 e. The van der Waals surface area contributed by atoms with Gasteiger partial charge in [0.25, 0.3) is 0 Å². The monoisotopic (exact) mass is 155 g/mol. The van der Waals surface area contributed by atoms with Gasteiger partial charge in [0.05, 0.1) is 5.92 Å². The number of carbonyl (C=O) groups is 1. The van der Waals surface area contributed by atoms with Crippen LogP contribution < -0.4 is 0 Å². The summed E-state index contributed by atoms with van der Waals surface area (Å²) in [6.45, 7) is 11.0. The molecule has 0 aliphatic heterocycles. The Morgan fingerprint density at radius 3 is 2.27 bits per heavy atom. The van der Waals surface area contributed by atoms with Crippen LogP contribution in [-0.4, -0.2) is 23.9 Å². The zero-order valence-electron chi connectivity index (χ0n) is 7.63. The largest absolute Gasteiger partial charge is 0.343 e. The highest BCUT2D eigenvalue weighted by atomic mass is 16.2. The van der Waals surface area contributed by atoms with E-state index in [0.717, 1.165) is 13.1 Å². The van der Waals surface area contributed by atoms with Gasteiger partial charge in [0.2, 0.25) is 5.91 Å². The van der Waals surface area contributed by atoms with Crippen molar-refractivity contribution >= 4 is 5.91 Å². The molecule has 0 saturated heterocycles. The molecule has 0 spiro atoms. The van der Waals surface area contributed by atoms with Gasteiger partial charge in [-0.1, -0.05) is 13.0 Å². The quantitative estimate of drug-likeness (QED) is 0.566. The van der Waals surface area contributed by atoms with Crippen LogP contribution in [0.4, 0.5) is 0 Å². The van der Waals surface area contributed by atoms with Crippen LogP contribution in [0, 0.1) is 5.92 Å². The fourth-order valence-electron chi connectivity index (χ4n) is 0.924. The number of rotatable bonds is 4. The predicted molar refractivity (Wildman–Crippen MR) is 47.3 cm³/mol. The lowest BCUT2D eigenvalue weighted by molar-refractivity contribution is -0.133. The third-order valence-electron chi connectivity index (χ3n) is 1.82. The highest BCUT2D eigenvalue weighted by Gasteiger charge is 2.13. The molecule has 11 heavy (non-hydrogen) atoms. The zero-order valence-corrected chi connectivity index (χ0v) is 7.63. The zero-order chi connectivity index (χ0) is 8.85. The van der Waals surface area contributed by atoms with Crippen molar-refractivity contribution in [1.82, 2.24) is 4.90 Å². The second kappa shape index (κ2) is 4.94. The Morgan fingerprint density at radius 2 is 2.00 bits per heavy atom. The Morgan fingerprint density at radius 1 is 1.55 bits per heavy atom. The van der Waals surface area contributed by atoms with Gasteiger partial charge in [-0.05, 0) is 13.8 Å². The van der Waals surface area contributed by atoms with Crippen LogP contribution in [0.5, 0.6) is 0 Å². The molecular weight excluding hydrogens is 138 g/mol. The van der Waals surface area contributed by atoms with E-state index in [9.17, 15) is 4.79 Å². The molecular formula is C9H17NO. The molecule has 0 aliphatic carbocycles. The predicted octanol–water partition coefficient (Wildman–Crippen LogP) is 1.68. The topological polar surface area (TPSA) is 20.3 Å². The molecule has 0 bridgehead atoms. The number of nitrogens with zero attached hydrogens (tertiary/aromatic N) is 1. The first-order valence-electron chi connectivity index (χ1n) is 4.08. The van der Waals surface area contributed by atoms with Gasteiger partial charge >= 0.3 is 0 Å². The molecule has 0 radical (unpaired) electrons. The Bertz CT molecular complexity index is 138. The summed E-state index contributed by atoms with van der Waals surface area (Å²) in [6, 6.07) is 0. The molecule has 2 heteroatoms. The van der Waals surface area contributed by atoms with Crippen molar-refractivity contribution in [2.24, 2.45) is 5.92 Å². The fraction of sp³-hybridized carbons (Fsp3) is 0.667. The lowest BCUT2D eigenvalue weighted by Gasteiger charge is -2.20. The van der Waals surface area contributed by atoms with Crippen LogP contribution in [0.3, 0.4) is 0 Å². The second-order valence-electron chi connectivity index (χ2n) is 2.53. The molecule has 1 amide bonds. The van der Waals surface area contributed by atoms with Crippen molar-refractivity contribution in [3.8, 4) is 0 Å². The molecule has 1 unspecified atom stereocenters. The third-order valence-corrected chi connectivity index (χ3v) is 1.82. The molecule has 0 aromatic heterocycles. The van der Waals surface area contributed by atoms with Gasteiger partial charge < -0.3 is 4.90 Å². The normalized spacial score (nSPS) is 12.3. The average molecular weight is 155 g/mol. The summed E-state index contributed by atoms with van der Waals surface area (Å²) in [6.07, 6.45) is 1.68. The van der Waals surface area contributed by atoms with E-state index in [0.29, 0.717) is 0 Å². The van der Waals surface area contributed by atoms with E-state index in [2.05, 4.69) is 6.58 Å². The van der Waals surface area contributed by atoms with Crippen LogP contribution in [0.25, 0.3) is 0 Å². The summed E-state index contributed by atoms with van der Waals surface area (Å²) in [5.74, 6) is 0.125. The van der Waals surface area contributed by atoms with E-state index >= 15 is 0 Å². The minimum atomic E-state index is -0.0464. The van der Waals surface area contributed by atoms with Gasteiger partial charge in [0.1, 0.15) is 0 Å². The van der Waals surface area contributed by atoms with Gasteiger partial charge in [0, 0.05) is 13.1 Å². The lowest BCUT2D eigenvalue weighted by Crippen LogP contribution is -2.34. The standard InChI is InChI=1S/C9H17NO/c1-5-8(4)9(11)10(6-2)7-3/h5,8H,1,6-7H2,2-4H3. The maximum Gasteiger partial charge on any atom is 0.229 e. The molecule has 0 rings (SSSR count). The van der Waals surface area contributed by atoms with E-state index in [4.69, 9.17) is 0 Å². The maximum atomic E-state index is 11.4. The summed E-state index contributed by atoms with van der Waals surface area (Å²) in [5, 5.41) is 0. The van der Waals surface area contributed by atoms with Crippen LogP contribution in [0.15, 0.2) is 12.7 Å². The maximum absolute atomic E-state index is 11.4. The molecule has 0 N–H and O–H groups in total. The molecule has 0 aromatic rings. The van der Waals surface area contributed by atoms with Crippen molar-refractivity contribution in [1.29, 1.82) is 0 Å². The van der Waals surface area contributed by atoms with E-state index in [1.807, 2.05) is 25.7 Å². The number of carbonyl (C=O) groups excluding carboxylic acids is 1. The molecule has 0 fully saturated rings. The Hall–Kier alpha value is -0.790. The van der Waals surface area contributed by atoms with Gasteiger partial charge in [0.15, 0.2) is 0 Å². The Kier molecular flexibility index (Phi) is 4.59. The smallest absolute Gasteiger partial charge is 0.229 e. The average Bonchev–Trinajstić information content (AvgIpc) is 2.05. The second-order valence-corrected chi connectivity index (χ2v) is 2.53. The molecule has 64 valence electrons. The van der Waals surface area contributed by atoms with Gasteiger partial charge in [-0.3, -0.25) is 4.79 Å². The highest BCUT2D eigenvalue weighted by Crippen LogP contribution is 2.02. The SMILES string of the molecule is C=CC(C)C(=O)N(CC)CC. The van der Waals surface area contributed by atoms with Crippen molar-refractivity contribution < 1.29 is 4.79 Å². The minimum absolute atomic E-state index is 0.0464. The Labute approximate surface area is 68.9 Å². The molecule has 1 atom stereocenters. The molecule has 0 saturated carbocycles. The van der Waals surface area contributed by atoms with E-state index < -0.39 is 0 Å². The molecule has 0 aromatic carbocycles. The fourth-order valence-corrected chi connectivity index (χ4v) is 0.924. The van der Waals surface area contributed by atoms with E-state index in [1.54, 1.807) is 6.08 Å². The van der Waals surface area contributed by atoms with Gasteiger partial charge in [-0.2, -0.15) is 0 Å². The van der Waals surface area contributed by atoms with Crippen LogP contribution in [0.1, 0.15) is 20.8 Å². The number of amides is 1. The van der Waals surface area contributed by atoms with Crippen molar-refractivity contribution in [2.45, 2.75) is 20.8 Å². The summed E-state index contributed by atoms with van der Waals surface area (Å²) >= 11 is 0. The van der Waals surface area contributed by atoms with Crippen LogP contribution in [0.2, 0.25) is 0 Å².